The number of benzene rings is 1. The van der Waals surface area contributed by atoms with Crippen molar-refractivity contribution in [1.82, 2.24) is 10.2 Å². The van der Waals surface area contributed by atoms with Crippen LogP contribution in [0.1, 0.15) is 37.7 Å². The Morgan fingerprint density at radius 2 is 1.85 bits per heavy atom. The van der Waals surface area contributed by atoms with E-state index in [1.807, 2.05) is 0 Å². The second-order valence-corrected chi connectivity index (χ2v) is 7.14. The normalized spacial score (nSPS) is 32.6. The second-order valence-electron chi connectivity index (χ2n) is 7.14. The minimum absolute atomic E-state index is 0.508. The highest BCUT2D eigenvalue weighted by atomic mass is 15.2. The molecule has 3 aliphatic rings. The van der Waals surface area contributed by atoms with Crippen LogP contribution >= 0.6 is 0 Å². The van der Waals surface area contributed by atoms with Crippen molar-refractivity contribution in [3.05, 3.63) is 35.9 Å². The van der Waals surface area contributed by atoms with Gasteiger partial charge in [0.2, 0.25) is 0 Å². The topological polar surface area (TPSA) is 15.3 Å². The third-order valence-electron chi connectivity index (χ3n) is 5.94. The quantitative estimate of drug-likeness (QED) is 0.888. The first kappa shape index (κ1) is 12.8. The van der Waals surface area contributed by atoms with Gasteiger partial charge in [-0.1, -0.05) is 49.6 Å². The zero-order valence-electron chi connectivity index (χ0n) is 12.4. The van der Waals surface area contributed by atoms with E-state index in [9.17, 15) is 0 Å². The van der Waals surface area contributed by atoms with Crippen LogP contribution in [-0.4, -0.2) is 30.1 Å². The molecule has 1 aromatic carbocycles. The molecular formula is C18H26N2. The van der Waals surface area contributed by atoms with Gasteiger partial charge in [0.05, 0.1) is 0 Å². The van der Waals surface area contributed by atoms with Crippen molar-refractivity contribution in [2.45, 2.75) is 44.2 Å². The van der Waals surface area contributed by atoms with Crippen molar-refractivity contribution in [1.29, 1.82) is 0 Å². The van der Waals surface area contributed by atoms with E-state index in [0.29, 0.717) is 5.54 Å². The van der Waals surface area contributed by atoms with Crippen LogP contribution < -0.4 is 5.32 Å². The molecule has 0 bridgehead atoms. The fourth-order valence-corrected chi connectivity index (χ4v) is 4.96. The van der Waals surface area contributed by atoms with Crippen molar-refractivity contribution in [3.8, 4) is 0 Å². The molecule has 1 spiro atoms. The van der Waals surface area contributed by atoms with Crippen molar-refractivity contribution in [2.24, 2.45) is 11.8 Å². The summed E-state index contributed by atoms with van der Waals surface area (Å²) in [6, 6.07) is 11.0. The zero-order chi connectivity index (χ0) is 13.4. The van der Waals surface area contributed by atoms with E-state index in [1.165, 1.54) is 57.3 Å². The molecule has 2 aliphatic heterocycles. The lowest BCUT2D eigenvalue weighted by molar-refractivity contribution is 0.177. The smallest absolute Gasteiger partial charge is 0.0233 e. The largest absolute Gasteiger partial charge is 0.311 e. The summed E-state index contributed by atoms with van der Waals surface area (Å²) in [4.78, 5) is 2.70. The van der Waals surface area contributed by atoms with Crippen LogP contribution in [0.3, 0.4) is 0 Å². The van der Waals surface area contributed by atoms with Gasteiger partial charge in [-0.05, 0) is 30.2 Å². The lowest BCUT2D eigenvalue weighted by Crippen LogP contribution is -2.48. The van der Waals surface area contributed by atoms with Crippen LogP contribution in [0.25, 0.3) is 0 Å². The van der Waals surface area contributed by atoms with Crippen LogP contribution in [-0.2, 0) is 6.54 Å². The molecule has 2 heteroatoms. The molecule has 0 radical (unpaired) electrons. The maximum Gasteiger partial charge on any atom is 0.0233 e. The monoisotopic (exact) mass is 270 g/mol. The van der Waals surface area contributed by atoms with Gasteiger partial charge in [0.25, 0.3) is 0 Å². The van der Waals surface area contributed by atoms with Crippen molar-refractivity contribution >= 4 is 0 Å². The van der Waals surface area contributed by atoms with Gasteiger partial charge in [-0.25, -0.2) is 0 Å². The molecule has 0 aromatic heterocycles. The maximum atomic E-state index is 3.93. The molecule has 1 aliphatic carbocycles. The van der Waals surface area contributed by atoms with Crippen LogP contribution in [0.15, 0.2) is 30.3 Å². The number of nitrogens with one attached hydrogen (secondary N) is 1. The Morgan fingerprint density at radius 3 is 2.65 bits per heavy atom. The average molecular weight is 270 g/mol. The van der Waals surface area contributed by atoms with E-state index in [1.54, 1.807) is 0 Å². The highest BCUT2D eigenvalue weighted by molar-refractivity contribution is 5.16. The molecule has 2 nitrogen and oxygen atoms in total. The Labute approximate surface area is 122 Å². The summed E-state index contributed by atoms with van der Waals surface area (Å²) in [6.45, 7) is 5.01. The summed E-state index contributed by atoms with van der Waals surface area (Å²) in [6.07, 6.45) is 7.18. The number of likely N-dealkylation sites (tertiary alicyclic amines) is 1. The van der Waals surface area contributed by atoms with E-state index < -0.39 is 0 Å². The van der Waals surface area contributed by atoms with E-state index in [0.717, 1.165) is 18.4 Å². The summed E-state index contributed by atoms with van der Waals surface area (Å²) in [5, 5.41) is 3.93. The molecule has 2 heterocycles. The third-order valence-corrected chi connectivity index (χ3v) is 5.94. The molecule has 4 rings (SSSR count). The van der Waals surface area contributed by atoms with E-state index in [4.69, 9.17) is 0 Å². The van der Waals surface area contributed by atoms with Gasteiger partial charge < -0.3 is 5.32 Å². The van der Waals surface area contributed by atoms with Gasteiger partial charge in [-0.15, -0.1) is 0 Å². The Hall–Kier alpha value is -0.860. The van der Waals surface area contributed by atoms with Crippen molar-refractivity contribution < 1.29 is 0 Å². The van der Waals surface area contributed by atoms with Crippen LogP contribution in [0.2, 0.25) is 0 Å². The number of hydrogen-bond acceptors (Lipinski definition) is 2. The molecule has 0 amide bonds. The van der Waals surface area contributed by atoms with Gasteiger partial charge in [0.1, 0.15) is 0 Å². The fraction of sp³-hybridized carbons (Fsp3) is 0.667. The molecule has 0 unspecified atom stereocenters. The van der Waals surface area contributed by atoms with Crippen molar-refractivity contribution in [3.63, 3.8) is 0 Å². The summed E-state index contributed by atoms with van der Waals surface area (Å²) in [7, 11) is 0. The molecule has 1 N–H and O–H groups in total. The standard InChI is InChI=1S/C18H26N2/c1-3-7-15(8-4-1)12-20-13-16-11-19-18(17(16)14-20)9-5-2-6-10-18/h1,3-4,7-8,16-17,19H,2,5-6,9-14H2/t16-,17+/m1/s1. The predicted molar refractivity (Wildman–Crippen MR) is 82.5 cm³/mol. The number of rotatable bonds is 2. The van der Waals surface area contributed by atoms with E-state index in [2.05, 4.69) is 40.5 Å². The first-order chi connectivity index (χ1) is 9.86. The molecule has 108 valence electrons. The molecule has 2 saturated heterocycles. The van der Waals surface area contributed by atoms with Gasteiger partial charge in [0, 0.05) is 31.7 Å². The zero-order valence-corrected chi connectivity index (χ0v) is 12.4. The van der Waals surface area contributed by atoms with E-state index >= 15 is 0 Å². The molecule has 1 aromatic rings. The maximum absolute atomic E-state index is 3.93. The van der Waals surface area contributed by atoms with Gasteiger partial charge in [-0.3, -0.25) is 4.90 Å². The SMILES string of the molecule is c1ccc(CN2C[C@H]3CNC4(CCCCC4)[C@H]3C2)cc1. The molecular weight excluding hydrogens is 244 g/mol. The predicted octanol–water partition coefficient (Wildman–Crippen LogP) is 3.04. The summed E-state index contributed by atoms with van der Waals surface area (Å²) >= 11 is 0. The summed E-state index contributed by atoms with van der Waals surface area (Å²) in [5.74, 6) is 1.81. The van der Waals surface area contributed by atoms with Crippen molar-refractivity contribution in [2.75, 3.05) is 19.6 Å². The Morgan fingerprint density at radius 1 is 1.05 bits per heavy atom. The summed E-state index contributed by atoms with van der Waals surface area (Å²) in [5.41, 5.74) is 1.98. The molecule has 2 atom stereocenters. The Kier molecular flexibility index (Phi) is 3.31. The third kappa shape index (κ3) is 2.19. The van der Waals surface area contributed by atoms with Crippen LogP contribution in [0.5, 0.6) is 0 Å². The number of fused-ring (bicyclic) bond motifs is 2. The highest BCUT2D eigenvalue weighted by Crippen LogP contribution is 2.45. The lowest BCUT2D eigenvalue weighted by atomic mass is 9.72. The second kappa shape index (κ2) is 5.16. The number of nitrogens with zero attached hydrogens (tertiary/aromatic N) is 1. The Balaban J connectivity index is 1.45. The van der Waals surface area contributed by atoms with Gasteiger partial charge in [-0.2, -0.15) is 0 Å². The van der Waals surface area contributed by atoms with Crippen LogP contribution in [0.4, 0.5) is 0 Å². The number of hydrogen-bond donors (Lipinski definition) is 1. The van der Waals surface area contributed by atoms with Gasteiger partial charge >= 0.3 is 0 Å². The molecule has 3 fully saturated rings. The lowest BCUT2D eigenvalue weighted by Gasteiger charge is -2.39. The summed E-state index contributed by atoms with van der Waals surface area (Å²) < 4.78 is 0. The van der Waals surface area contributed by atoms with Gasteiger partial charge in [0.15, 0.2) is 0 Å². The average Bonchev–Trinajstić information content (AvgIpc) is 3.03. The minimum Gasteiger partial charge on any atom is -0.311 e. The fourth-order valence-electron chi connectivity index (χ4n) is 4.96. The molecule has 1 saturated carbocycles. The first-order valence-corrected chi connectivity index (χ1v) is 8.37. The Bertz CT molecular complexity index is 444. The molecule has 20 heavy (non-hydrogen) atoms. The van der Waals surface area contributed by atoms with Crippen LogP contribution in [0, 0.1) is 11.8 Å². The first-order valence-electron chi connectivity index (χ1n) is 8.37. The minimum atomic E-state index is 0.508. The highest BCUT2D eigenvalue weighted by Gasteiger charge is 2.51. The van der Waals surface area contributed by atoms with E-state index in [-0.39, 0.29) is 0 Å².